The predicted molar refractivity (Wildman–Crippen MR) is 123 cm³/mol. The number of aromatic nitrogens is 4. The number of hydrogen-bond donors (Lipinski definition) is 1. The van der Waals surface area contributed by atoms with Crippen molar-refractivity contribution in [1.82, 2.24) is 24.1 Å². The maximum atomic E-state index is 12.8. The van der Waals surface area contributed by atoms with Crippen LogP contribution in [0.3, 0.4) is 0 Å². The summed E-state index contributed by atoms with van der Waals surface area (Å²) in [5.41, 5.74) is 8.75. The van der Waals surface area contributed by atoms with Gasteiger partial charge in [-0.15, -0.1) is 10.2 Å². The minimum absolute atomic E-state index is 0.0638. The number of primary amides is 1. The van der Waals surface area contributed by atoms with Crippen LogP contribution in [0.5, 0.6) is 0 Å². The van der Waals surface area contributed by atoms with E-state index in [1.807, 2.05) is 41.7 Å². The van der Waals surface area contributed by atoms with Crippen molar-refractivity contribution in [2.24, 2.45) is 12.8 Å². The second kappa shape index (κ2) is 7.76. The fraction of sp³-hybridized carbons (Fsp3) is 0.304. The summed E-state index contributed by atoms with van der Waals surface area (Å²) < 4.78 is 3.55. The highest BCUT2D eigenvalue weighted by molar-refractivity contribution is 5.93. The van der Waals surface area contributed by atoms with E-state index < -0.39 is 5.91 Å². The van der Waals surface area contributed by atoms with Gasteiger partial charge in [0.1, 0.15) is 0 Å². The van der Waals surface area contributed by atoms with Crippen LogP contribution in [0.15, 0.2) is 47.3 Å². The molecule has 0 unspecified atom stereocenters. The quantitative estimate of drug-likeness (QED) is 0.523. The first-order valence-electron chi connectivity index (χ1n) is 10.6. The van der Waals surface area contributed by atoms with Gasteiger partial charge in [0.05, 0.1) is 17.4 Å². The Morgan fingerprint density at radius 1 is 1.03 bits per heavy atom. The van der Waals surface area contributed by atoms with Crippen LogP contribution in [-0.4, -0.2) is 56.2 Å². The van der Waals surface area contributed by atoms with Crippen molar-refractivity contribution >= 4 is 28.3 Å². The number of nitrogens with two attached hydrogens (primary N) is 1. The Hall–Kier alpha value is -3.72. The number of carbonyl (C=O) groups is 1. The molecule has 3 heterocycles. The van der Waals surface area contributed by atoms with E-state index in [-0.39, 0.29) is 5.56 Å². The summed E-state index contributed by atoms with van der Waals surface area (Å²) in [4.78, 5) is 28.7. The standard InChI is InChI=1S/C23H25N7O2/c1-15-3-8-19-18(13-15)22(32)27(2)23-26-25-20(30(19)23)14-28-9-11-29(12-10-28)17-6-4-16(5-7-17)21(24)31/h3-8,13H,9-12,14H2,1-2H3,(H2,24,31). The number of rotatable bonds is 4. The van der Waals surface area contributed by atoms with Gasteiger partial charge in [-0.1, -0.05) is 11.6 Å². The summed E-state index contributed by atoms with van der Waals surface area (Å²) in [5, 5.41) is 9.40. The van der Waals surface area contributed by atoms with Gasteiger partial charge in [0.2, 0.25) is 11.7 Å². The van der Waals surface area contributed by atoms with E-state index in [2.05, 4.69) is 20.0 Å². The molecule has 0 saturated carbocycles. The molecule has 0 spiro atoms. The fourth-order valence-electron chi connectivity index (χ4n) is 4.36. The van der Waals surface area contributed by atoms with Crippen LogP contribution < -0.4 is 16.2 Å². The maximum Gasteiger partial charge on any atom is 0.262 e. The van der Waals surface area contributed by atoms with Crippen LogP contribution in [0.25, 0.3) is 16.7 Å². The molecule has 1 fully saturated rings. The average Bonchev–Trinajstić information content (AvgIpc) is 3.22. The Balaban J connectivity index is 1.37. The number of anilines is 1. The molecule has 1 aliphatic rings. The SMILES string of the molecule is Cc1ccc2c(c1)c(=O)n(C)c1nnc(CN3CCN(c4ccc(C(N)=O)cc4)CC3)n21. The van der Waals surface area contributed by atoms with E-state index in [1.165, 1.54) is 0 Å². The predicted octanol–water partition coefficient (Wildman–Crippen LogP) is 1.31. The molecule has 2 aromatic heterocycles. The lowest BCUT2D eigenvalue weighted by molar-refractivity contribution is 0.100. The number of hydrogen-bond acceptors (Lipinski definition) is 6. The summed E-state index contributed by atoms with van der Waals surface area (Å²) in [6, 6.07) is 13.3. The topological polar surface area (TPSA) is 102 Å². The van der Waals surface area contributed by atoms with Gasteiger partial charge >= 0.3 is 0 Å². The first kappa shape index (κ1) is 20.2. The Morgan fingerprint density at radius 2 is 1.75 bits per heavy atom. The second-order valence-corrected chi connectivity index (χ2v) is 8.31. The number of piperazine rings is 1. The molecule has 1 saturated heterocycles. The molecule has 0 atom stereocenters. The highest BCUT2D eigenvalue weighted by Crippen LogP contribution is 2.20. The van der Waals surface area contributed by atoms with Crippen molar-refractivity contribution in [2.75, 3.05) is 31.1 Å². The van der Waals surface area contributed by atoms with Crippen molar-refractivity contribution in [3.05, 3.63) is 69.8 Å². The fourth-order valence-corrected chi connectivity index (χ4v) is 4.36. The number of aryl methyl sites for hydroxylation is 2. The normalized spacial score (nSPS) is 15.0. The second-order valence-electron chi connectivity index (χ2n) is 8.31. The Bertz CT molecular complexity index is 1380. The Labute approximate surface area is 184 Å². The lowest BCUT2D eigenvalue weighted by Crippen LogP contribution is -2.46. The molecule has 1 amide bonds. The summed E-state index contributed by atoms with van der Waals surface area (Å²) in [6.45, 7) is 6.11. The van der Waals surface area contributed by atoms with Gasteiger partial charge in [0, 0.05) is 44.5 Å². The monoisotopic (exact) mass is 431 g/mol. The lowest BCUT2D eigenvalue weighted by Gasteiger charge is -2.35. The van der Waals surface area contributed by atoms with Gasteiger partial charge in [-0.3, -0.25) is 23.5 Å². The molecule has 2 N–H and O–H groups in total. The number of amides is 1. The zero-order valence-electron chi connectivity index (χ0n) is 18.2. The molecule has 9 heteroatoms. The maximum absolute atomic E-state index is 12.8. The first-order chi connectivity index (χ1) is 15.4. The smallest absolute Gasteiger partial charge is 0.262 e. The molecular weight excluding hydrogens is 406 g/mol. The van der Waals surface area contributed by atoms with Gasteiger partial charge in [-0.05, 0) is 43.3 Å². The first-order valence-corrected chi connectivity index (χ1v) is 10.6. The molecule has 0 radical (unpaired) electrons. The zero-order valence-corrected chi connectivity index (χ0v) is 18.2. The third-order valence-electron chi connectivity index (χ3n) is 6.20. The number of nitrogens with zero attached hydrogens (tertiary/aromatic N) is 6. The lowest BCUT2D eigenvalue weighted by atomic mass is 10.1. The van der Waals surface area contributed by atoms with Crippen LogP contribution >= 0.6 is 0 Å². The molecule has 0 bridgehead atoms. The minimum Gasteiger partial charge on any atom is -0.369 e. The summed E-state index contributed by atoms with van der Waals surface area (Å²) in [6.07, 6.45) is 0. The Morgan fingerprint density at radius 3 is 2.44 bits per heavy atom. The molecule has 0 aliphatic carbocycles. The van der Waals surface area contributed by atoms with Crippen LogP contribution in [0.2, 0.25) is 0 Å². The molecule has 9 nitrogen and oxygen atoms in total. The largest absolute Gasteiger partial charge is 0.369 e. The molecule has 2 aromatic carbocycles. The zero-order chi connectivity index (χ0) is 22.4. The van der Waals surface area contributed by atoms with Crippen LogP contribution in [0.4, 0.5) is 5.69 Å². The van der Waals surface area contributed by atoms with Crippen LogP contribution in [0.1, 0.15) is 21.7 Å². The van der Waals surface area contributed by atoms with Gasteiger partial charge < -0.3 is 10.6 Å². The average molecular weight is 432 g/mol. The summed E-state index contributed by atoms with van der Waals surface area (Å²) in [5.74, 6) is 0.959. The van der Waals surface area contributed by atoms with Crippen LogP contribution in [-0.2, 0) is 13.6 Å². The van der Waals surface area contributed by atoms with E-state index >= 15 is 0 Å². The van der Waals surface area contributed by atoms with Gasteiger partial charge in [-0.2, -0.15) is 0 Å². The van der Waals surface area contributed by atoms with E-state index in [4.69, 9.17) is 5.73 Å². The number of fused-ring (bicyclic) bond motifs is 3. The molecule has 164 valence electrons. The number of carbonyl (C=O) groups excluding carboxylic acids is 1. The summed E-state index contributed by atoms with van der Waals surface area (Å²) in [7, 11) is 1.74. The van der Waals surface area contributed by atoms with E-state index in [0.717, 1.165) is 48.8 Å². The molecule has 4 aromatic rings. The summed E-state index contributed by atoms with van der Waals surface area (Å²) >= 11 is 0. The highest BCUT2D eigenvalue weighted by Gasteiger charge is 2.21. The minimum atomic E-state index is -0.415. The van der Waals surface area contributed by atoms with E-state index in [1.54, 1.807) is 23.7 Å². The van der Waals surface area contributed by atoms with Gasteiger partial charge in [0.15, 0.2) is 5.82 Å². The van der Waals surface area contributed by atoms with Gasteiger partial charge in [0.25, 0.3) is 5.56 Å². The molecular formula is C23H25N7O2. The van der Waals surface area contributed by atoms with Crippen LogP contribution in [0, 0.1) is 6.92 Å². The van der Waals surface area contributed by atoms with Crippen molar-refractivity contribution in [2.45, 2.75) is 13.5 Å². The van der Waals surface area contributed by atoms with Gasteiger partial charge in [-0.25, -0.2) is 0 Å². The van der Waals surface area contributed by atoms with Crippen molar-refractivity contribution in [1.29, 1.82) is 0 Å². The molecule has 1 aliphatic heterocycles. The Kier molecular flexibility index (Phi) is 4.90. The van der Waals surface area contributed by atoms with E-state index in [0.29, 0.717) is 23.3 Å². The third kappa shape index (κ3) is 3.40. The highest BCUT2D eigenvalue weighted by atomic mass is 16.1. The van der Waals surface area contributed by atoms with Crippen molar-refractivity contribution in [3.8, 4) is 0 Å². The van der Waals surface area contributed by atoms with Crippen molar-refractivity contribution in [3.63, 3.8) is 0 Å². The third-order valence-corrected chi connectivity index (χ3v) is 6.20. The molecule has 32 heavy (non-hydrogen) atoms. The number of benzene rings is 2. The van der Waals surface area contributed by atoms with E-state index in [9.17, 15) is 9.59 Å². The molecule has 5 rings (SSSR count). The van der Waals surface area contributed by atoms with Crippen molar-refractivity contribution < 1.29 is 4.79 Å².